The van der Waals surface area contributed by atoms with Crippen LogP contribution in [0.5, 0.6) is 11.5 Å². The van der Waals surface area contributed by atoms with Crippen LogP contribution in [0, 0.1) is 11.8 Å². The van der Waals surface area contributed by atoms with Crippen LogP contribution >= 0.6 is 0 Å². The summed E-state index contributed by atoms with van der Waals surface area (Å²) < 4.78 is 10.4. The highest BCUT2D eigenvalue weighted by Gasteiger charge is 2.31. The number of carbonyl (C=O) groups is 6. The maximum atomic E-state index is 13.9. The summed E-state index contributed by atoms with van der Waals surface area (Å²) in [7, 11) is 3.12. The van der Waals surface area contributed by atoms with Crippen LogP contribution in [-0.4, -0.2) is 86.3 Å². The van der Waals surface area contributed by atoms with E-state index in [0.717, 1.165) is 11.1 Å². The van der Waals surface area contributed by atoms with Crippen molar-refractivity contribution in [2.24, 2.45) is 22.0 Å². The van der Waals surface area contributed by atoms with Gasteiger partial charge in [0.25, 0.3) is 23.6 Å². The number of rotatable bonds is 22. The second-order valence-electron chi connectivity index (χ2n) is 16.5. The van der Waals surface area contributed by atoms with E-state index in [1.54, 1.807) is 90.4 Å². The van der Waals surface area contributed by atoms with Crippen LogP contribution in [0.15, 0.2) is 144 Å². The number of benzene rings is 5. The fourth-order valence-electron chi connectivity index (χ4n) is 6.84. The second-order valence-corrected chi connectivity index (χ2v) is 16.5. The molecule has 0 saturated carbocycles. The van der Waals surface area contributed by atoms with Gasteiger partial charge in [-0.2, -0.15) is 10.2 Å². The Balaban J connectivity index is 1.25. The molecule has 4 atom stereocenters. The van der Waals surface area contributed by atoms with Gasteiger partial charge in [-0.05, 0) is 101 Å². The quantitative estimate of drug-likeness (QED) is 0.0411. The van der Waals surface area contributed by atoms with Crippen molar-refractivity contribution < 1.29 is 38.2 Å². The predicted molar refractivity (Wildman–Crippen MR) is 260 cm³/mol. The van der Waals surface area contributed by atoms with Gasteiger partial charge in [0.05, 0.1) is 26.6 Å². The molecule has 5 aromatic rings. The lowest BCUT2D eigenvalue weighted by atomic mass is 9.99. The zero-order valence-corrected chi connectivity index (χ0v) is 38.9. The molecule has 0 fully saturated rings. The fraction of sp³-hybridized carbons (Fsp3) is 0.269. The molecule has 0 aliphatic rings. The third-order valence-electron chi connectivity index (χ3n) is 10.7. The highest BCUT2D eigenvalue weighted by Crippen LogP contribution is 2.14. The SMILES string of the molecule is COc1ccc(/C=N/NC(=O)C(Cc2ccccc2)NC(=O)C(NC(=O)c2cccc(C(=O)NC(C(=O)NC(Cc3ccccc3)C(=O)N/N=C/c3ccc(OC)cc3)C(C)C)c2)C(C)C)cc1. The number of nitrogens with zero attached hydrogens (tertiary/aromatic N) is 2. The van der Waals surface area contributed by atoms with Gasteiger partial charge in [-0.3, -0.25) is 28.8 Å². The van der Waals surface area contributed by atoms with Crippen molar-refractivity contribution in [1.82, 2.24) is 32.1 Å². The van der Waals surface area contributed by atoms with E-state index in [1.165, 1.54) is 36.7 Å². The molecule has 354 valence electrons. The number of ether oxygens (including phenoxy) is 2. The van der Waals surface area contributed by atoms with Crippen LogP contribution in [-0.2, 0) is 32.0 Å². The van der Waals surface area contributed by atoms with Crippen LogP contribution in [0.3, 0.4) is 0 Å². The molecule has 0 aromatic heterocycles. The van der Waals surface area contributed by atoms with Crippen molar-refractivity contribution in [2.45, 2.75) is 64.7 Å². The van der Waals surface area contributed by atoms with Crippen LogP contribution in [0.4, 0.5) is 0 Å². The Labute approximate surface area is 396 Å². The number of methoxy groups -OCH3 is 2. The predicted octanol–water partition coefficient (Wildman–Crippen LogP) is 4.97. The number of hydrazone groups is 2. The van der Waals surface area contributed by atoms with E-state index in [9.17, 15) is 28.8 Å². The number of nitrogens with one attached hydrogen (secondary N) is 6. The zero-order valence-electron chi connectivity index (χ0n) is 38.9. The van der Waals surface area contributed by atoms with E-state index in [4.69, 9.17) is 9.47 Å². The summed E-state index contributed by atoms with van der Waals surface area (Å²) in [6, 6.07) is 34.0. The van der Waals surface area contributed by atoms with Gasteiger partial charge in [-0.1, -0.05) is 94.4 Å². The van der Waals surface area contributed by atoms with Gasteiger partial charge < -0.3 is 30.7 Å². The Morgan fingerprint density at radius 1 is 0.471 bits per heavy atom. The molecule has 4 unspecified atom stereocenters. The Hall–Kier alpha value is -8.14. The monoisotopic (exact) mass is 922 g/mol. The van der Waals surface area contributed by atoms with Gasteiger partial charge in [-0.15, -0.1) is 0 Å². The van der Waals surface area contributed by atoms with Gasteiger partial charge in [0.1, 0.15) is 35.7 Å². The van der Waals surface area contributed by atoms with E-state index in [1.807, 2.05) is 60.7 Å². The van der Waals surface area contributed by atoms with Crippen LogP contribution in [0.2, 0.25) is 0 Å². The van der Waals surface area contributed by atoms with E-state index in [2.05, 4.69) is 42.3 Å². The first kappa shape index (κ1) is 50.9. The van der Waals surface area contributed by atoms with Gasteiger partial charge >= 0.3 is 0 Å². The summed E-state index contributed by atoms with van der Waals surface area (Å²) in [5.41, 5.74) is 8.16. The summed E-state index contributed by atoms with van der Waals surface area (Å²) in [6.07, 6.45) is 3.22. The molecular formula is C52H58N8O8. The van der Waals surface area contributed by atoms with E-state index in [0.29, 0.717) is 22.6 Å². The average molecular weight is 923 g/mol. The lowest BCUT2D eigenvalue weighted by Gasteiger charge is -2.25. The average Bonchev–Trinajstić information content (AvgIpc) is 3.35. The zero-order chi connectivity index (χ0) is 49.0. The fourth-order valence-corrected chi connectivity index (χ4v) is 6.84. The second kappa shape index (κ2) is 25.5. The van der Waals surface area contributed by atoms with Crippen molar-refractivity contribution in [1.29, 1.82) is 0 Å². The number of amides is 6. The Kier molecular flexibility index (Phi) is 19.1. The topological polar surface area (TPSA) is 218 Å². The summed E-state index contributed by atoms with van der Waals surface area (Å²) in [6.45, 7) is 7.00. The van der Waals surface area contributed by atoms with Gasteiger partial charge in [-0.25, -0.2) is 10.9 Å². The normalized spacial score (nSPS) is 12.9. The molecule has 0 radical (unpaired) electrons. The molecule has 5 aromatic carbocycles. The smallest absolute Gasteiger partial charge is 0.262 e. The van der Waals surface area contributed by atoms with E-state index < -0.39 is 71.4 Å². The standard InChI is InChI=1S/C52H58N8O8/c1-33(2)45(51(65)55-43(28-35-14-9-7-10-15-35)49(63)59-53-31-37-20-24-41(67-5)25-21-37)57-47(61)39-18-13-19-40(30-39)48(62)58-46(34(3)4)52(66)56-44(29-36-16-11-8-12-17-36)50(64)60-54-32-38-22-26-42(68-6)27-23-38/h7-27,30-34,43-46H,28-29H2,1-6H3,(H,55,65)(H,56,66)(H,57,61)(H,58,62)(H,59,63)(H,60,64)/b53-31+,54-32+. The van der Waals surface area contributed by atoms with Crippen molar-refractivity contribution in [3.05, 3.63) is 167 Å². The molecule has 16 heteroatoms. The summed E-state index contributed by atoms with van der Waals surface area (Å²) in [5.74, 6) is -3.15. The van der Waals surface area contributed by atoms with E-state index >= 15 is 0 Å². The molecule has 0 saturated heterocycles. The first-order valence-electron chi connectivity index (χ1n) is 22.1. The van der Waals surface area contributed by atoms with Crippen LogP contribution < -0.4 is 41.6 Å². The lowest BCUT2D eigenvalue weighted by Crippen LogP contribution is -2.55. The number of carbonyl (C=O) groups excluding carboxylic acids is 6. The molecule has 0 aliphatic carbocycles. The van der Waals surface area contributed by atoms with Gasteiger partial charge in [0.2, 0.25) is 11.8 Å². The molecule has 6 N–H and O–H groups in total. The molecule has 0 aliphatic heterocycles. The van der Waals surface area contributed by atoms with Crippen LogP contribution in [0.1, 0.15) is 70.7 Å². The molecule has 5 rings (SSSR count). The van der Waals surface area contributed by atoms with Crippen molar-refractivity contribution >= 4 is 47.9 Å². The maximum absolute atomic E-state index is 13.9. The molecule has 0 spiro atoms. The largest absolute Gasteiger partial charge is 0.497 e. The van der Waals surface area contributed by atoms with Crippen LogP contribution in [0.25, 0.3) is 0 Å². The molecule has 0 heterocycles. The third kappa shape index (κ3) is 15.5. The number of hydrogen-bond donors (Lipinski definition) is 6. The first-order valence-corrected chi connectivity index (χ1v) is 22.1. The number of hydrogen-bond acceptors (Lipinski definition) is 10. The highest BCUT2D eigenvalue weighted by molar-refractivity contribution is 6.03. The molecule has 0 bridgehead atoms. The molecule has 68 heavy (non-hydrogen) atoms. The first-order chi connectivity index (χ1) is 32.7. The van der Waals surface area contributed by atoms with Crippen molar-refractivity contribution in [3.8, 4) is 11.5 Å². The van der Waals surface area contributed by atoms with Gasteiger partial charge in [0, 0.05) is 24.0 Å². The highest BCUT2D eigenvalue weighted by atomic mass is 16.5. The summed E-state index contributed by atoms with van der Waals surface area (Å²) in [4.78, 5) is 82.3. The minimum atomic E-state index is -1.09. The third-order valence-corrected chi connectivity index (χ3v) is 10.7. The Bertz CT molecular complexity index is 2360. The Morgan fingerprint density at radius 2 is 0.838 bits per heavy atom. The maximum Gasteiger partial charge on any atom is 0.262 e. The molecular weight excluding hydrogens is 865 g/mol. The Morgan fingerprint density at radius 3 is 1.18 bits per heavy atom. The summed E-state index contributed by atoms with van der Waals surface area (Å²) >= 11 is 0. The summed E-state index contributed by atoms with van der Waals surface area (Å²) in [5, 5.41) is 19.3. The van der Waals surface area contributed by atoms with Gasteiger partial charge in [0.15, 0.2) is 0 Å². The minimum absolute atomic E-state index is 0.0721. The minimum Gasteiger partial charge on any atom is -0.497 e. The molecule has 6 amide bonds. The molecule has 16 nitrogen and oxygen atoms in total. The van der Waals surface area contributed by atoms with E-state index in [-0.39, 0.29) is 24.0 Å². The van der Waals surface area contributed by atoms with Crippen molar-refractivity contribution in [2.75, 3.05) is 14.2 Å². The van der Waals surface area contributed by atoms with Crippen molar-refractivity contribution in [3.63, 3.8) is 0 Å². The lowest BCUT2D eigenvalue weighted by molar-refractivity contribution is -0.130.